The smallest absolute Gasteiger partial charge is 0.119 e. The summed E-state index contributed by atoms with van der Waals surface area (Å²) in [6.45, 7) is 1.86. The number of hydrogen-bond acceptors (Lipinski definition) is 3. The summed E-state index contributed by atoms with van der Waals surface area (Å²) in [5, 5.41) is 12.5. The highest BCUT2D eigenvalue weighted by molar-refractivity contribution is 5.21. The van der Waals surface area contributed by atoms with E-state index in [-0.39, 0.29) is 12.6 Å². The largest absolute Gasteiger partial charge is 0.492 e. The Balaban J connectivity index is 1.83. The van der Waals surface area contributed by atoms with Crippen LogP contribution in [0.1, 0.15) is 6.42 Å². The third-order valence-corrected chi connectivity index (χ3v) is 2.90. The van der Waals surface area contributed by atoms with E-state index in [2.05, 4.69) is 5.32 Å². The third kappa shape index (κ3) is 2.70. The van der Waals surface area contributed by atoms with Gasteiger partial charge in [-0.1, -0.05) is 18.2 Å². The maximum absolute atomic E-state index is 9.14. The predicted octanol–water partition coefficient (Wildman–Crippen LogP) is 1.04. The average molecular weight is 207 g/mol. The van der Waals surface area contributed by atoms with Crippen LogP contribution in [0.4, 0.5) is 0 Å². The quantitative estimate of drug-likeness (QED) is 0.775. The summed E-state index contributed by atoms with van der Waals surface area (Å²) in [5.74, 6) is 1.23. The summed E-state index contributed by atoms with van der Waals surface area (Å²) in [4.78, 5) is 0. The summed E-state index contributed by atoms with van der Waals surface area (Å²) in [6.07, 6.45) is 1.04. The number of benzene rings is 1. The van der Waals surface area contributed by atoms with Crippen molar-refractivity contribution in [1.29, 1.82) is 0 Å². The summed E-state index contributed by atoms with van der Waals surface area (Å²) >= 11 is 0. The number of aliphatic hydroxyl groups is 1. The van der Waals surface area contributed by atoms with E-state index >= 15 is 0 Å². The number of nitrogens with one attached hydrogen (secondary N) is 1. The minimum absolute atomic E-state index is 0.246. The molecule has 15 heavy (non-hydrogen) atoms. The first-order valence-electron chi connectivity index (χ1n) is 5.42. The molecule has 2 unspecified atom stereocenters. The lowest BCUT2D eigenvalue weighted by Crippen LogP contribution is -2.34. The van der Waals surface area contributed by atoms with Gasteiger partial charge in [-0.3, -0.25) is 0 Å². The van der Waals surface area contributed by atoms with Gasteiger partial charge in [0.05, 0.1) is 0 Å². The molecule has 2 rings (SSSR count). The van der Waals surface area contributed by atoms with Gasteiger partial charge in [0.25, 0.3) is 0 Å². The molecule has 0 aromatic heterocycles. The standard InChI is InChI=1S/C12H17NO2/c14-8-10-6-7-13-12(10)9-15-11-4-2-1-3-5-11/h1-5,10,12-14H,6-9H2. The van der Waals surface area contributed by atoms with Crippen LogP contribution in [0, 0.1) is 5.92 Å². The number of ether oxygens (including phenoxy) is 1. The number of aliphatic hydroxyl groups excluding tert-OH is 1. The summed E-state index contributed by atoms with van der Waals surface area (Å²) in [5.41, 5.74) is 0. The van der Waals surface area contributed by atoms with Gasteiger partial charge in [-0.25, -0.2) is 0 Å². The van der Waals surface area contributed by atoms with Crippen molar-refractivity contribution < 1.29 is 9.84 Å². The highest BCUT2D eigenvalue weighted by atomic mass is 16.5. The summed E-state index contributed by atoms with van der Waals surface area (Å²) in [7, 11) is 0. The van der Waals surface area contributed by atoms with Crippen LogP contribution >= 0.6 is 0 Å². The van der Waals surface area contributed by atoms with Crippen molar-refractivity contribution in [3.63, 3.8) is 0 Å². The highest BCUT2D eigenvalue weighted by Gasteiger charge is 2.26. The Kier molecular flexibility index (Phi) is 3.59. The van der Waals surface area contributed by atoms with Crippen molar-refractivity contribution in [3.05, 3.63) is 30.3 Å². The van der Waals surface area contributed by atoms with Crippen LogP contribution in [0.25, 0.3) is 0 Å². The number of rotatable bonds is 4. The monoisotopic (exact) mass is 207 g/mol. The van der Waals surface area contributed by atoms with Gasteiger partial charge in [0.2, 0.25) is 0 Å². The second kappa shape index (κ2) is 5.14. The van der Waals surface area contributed by atoms with Gasteiger partial charge in [0, 0.05) is 18.6 Å². The lowest BCUT2D eigenvalue weighted by molar-refractivity contribution is 0.178. The molecule has 1 aromatic rings. The second-order valence-corrected chi connectivity index (χ2v) is 3.92. The Morgan fingerprint density at radius 1 is 1.33 bits per heavy atom. The first-order chi connectivity index (χ1) is 7.40. The van der Waals surface area contributed by atoms with Crippen LogP contribution in [0.2, 0.25) is 0 Å². The lowest BCUT2D eigenvalue weighted by atomic mass is 10.0. The first kappa shape index (κ1) is 10.5. The molecule has 82 valence electrons. The molecule has 0 spiro atoms. The third-order valence-electron chi connectivity index (χ3n) is 2.90. The van der Waals surface area contributed by atoms with E-state index < -0.39 is 0 Å². The molecule has 1 saturated heterocycles. The SMILES string of the molecule is OCC1CCNC1COc1ccccc1. The summed E-state index contributed by atoms with van der Waals surface area (Å²) in [6, 6.07) is 10.1. The van der Waals surface area contributed by atoms with Crippen LogP contribution in [0.15, 0.2) is 30.3 Å². The van der Waals surface area contributed by atoms with E-state index in [4.69, 9.17) is 9.84 Å². The molecule has 1 heterocycles. The van der Waals surface area contributed by atoms with Gasteiger partial charge >= 0.3 is 0 Å². The molecule has 3 nitrogen and oxygen atoms in total. The molecule has 0 saturated carbocycles. The van der Waals surface area contributed by atoms with Crippen molar-refractivity contribution in [2.75, 3.05) is 19.8 Å². The Bertz CT molecular complexity index is 289. The van der Waals surface area contributed by atoms with Gasteiger partial charge in [-0.2, -0.15) is 0 Å². The van der Waals surface area contributed by atoms with E-state index in [0.717, 1.165) is 18.7 Å². The highest BCUT2D eigenvalue weighted by Crippen LogP contribution is 2.16. The topological polar surface area (TPSA) is 41.5 Å². The first-order valence-corrected chi connectivity index (χ1v) is 5.42. The van der Waals surface area contributed by atoms with Crippen LogP contribution < -0.4 is 10.1 Å². The number of para-hydroxylation sites is 1. The van der Waals surface area contributed by atoms with E-state index in [1.165, 1.54) is 0 Å². The second-order valence-electron chi connectivity index (χ2n) is 3.92. The molecule has 1 aliphatic rings. The van der Waals surface area contributed by atoms with Crippen LogP contribution in [-0.4, -0.2) is 30.9 Å². The normalized spacial score (nSPS) is 25.4. The molecule has 0 amide bonds. The lowest BCUT2D eigenvalue weighted by Gasteiger charge is -2.17. The summed E-state index contributed by atoms with van der Waals surface area (Å²) < 4.78 is 5.65. The number of hydrogen-bond donors (Lipinski definition) is 2. The Hall–Kier alpha value is -1.06. The van der Waals surface area contributed by atoms with Gasteiger partial charge in [0.1, 0.15) is 12.4 Å². The van der Waals surface area contributed by atoms with Crippen molar-refractivity contribution in [1.82, 2.24) is 5.32 Å². The van der Waals surface area contributed by atoms with Crippen molar-refractivity contribution in [3.8, 4) is 5.75 Å². The van der Waals surface area contributed by atoms with Gasteiger partial charge in [-0.15, -0.1) is 0 Å². The fourth-order valence-electron chi connectivity index (χ4n) is 1.94. The molecule has 3 heteroatoms. The molecular formula is C12H17NO2. The molecule has 1 aromatic carbocycles. The maximum atomic E-state index is 9.14. The molecule has 2 N–H and O–H groups in total. The van der Waals surface area contributed by atoms with Gasteiger partial charge < -0.3 is 15.2 Å². The van der Waals surface area contributed by atoms with Crippen molar-refractivity contribution in [2.45, 2.75) is 12.5 Å². The zero-order valence-corrected chi connectivity index (χ0v) is 8.73. The average Bonchev–Trinajstić information content (AvgIpc) is 2.75. The molecule has 0 radical (unpaired) electrons. The fourth-order valence-corrected chi connectivity index (χ4v) is 1.94. The maximum Gasteiger partial charge on any atom is 0.119 e. The van der Waals surface area contributed by atoms with Gasteiger partial charge in [0.15, 0.2) is 0 Å². The van der Waals surface area contributed by atoms with E-state index in [1.54, 1.807) is 0 Å². The fraction of sp³-hybridized carbons (Fsp3) is 0.500. The van der Waals surface area contributed by atoms with E-state index in [1.807, 2.05) is 30.3 Å². The Morgan fingerprint density at radius 2 is 2.13 bits per heavy atom. The molecule has 1 fully saturated rings. The van der Waals surface area contributed by atoms with Crippen molar-refractivity contribution in [2.24, 2.45) is 5.92 Å². The Labute approximate surface area is 90.1 Å². The minimum atomic E-state index is 0.246. The zero-order valence-electron chi connectivity index (χ0n) is 8.73. The Morgan fingerprint density at radius 3 is 2.87 bits per heavy atom. The van der Waals surface area contributed by atoms with Crippen LogP contribution in [-0.2, 0) is 0 Å². The zero-order chi connectivity index (χ0) is 10.5. The van der Waals surface area contributed by atoms with Crippen LogP contribution in [0.5, 0.6) is 5.75 Å². The van der Waals surface area contributed by atoms with Gasteiger partial charge in [-0.05, 0) is 25.1 Å². The molecule has 2 atom stereocenters. The molecular weight excluding hydrogens is 190 g/mol. The van der Waals surface area contributed by atoms with Crippen molar-refractivity contribution >= 4 is 0 Å². The minimum Gasteiger partial charge on any atom is -0.492 e. The van der Waals surface area contributed by atoms with Crippen LogP contribution in [0.3, 0.4) is 0 Å². The molecule has 0 aliphatic carbocycles. The molecule has 1 aliphatic heterocycles. The predicted molar refractivity (Wildman–Crippen MR) is 58.9 cm³/mol. The van der Waals surface area contributed by atoms with E-state index in [0.29, 0.717) is 12.5 Å². The van der Waals surface area contributed by atoms with E-state index in [9.17, 15) is 0 Å². The molecule has 0 bridgehead atoms.